The van der Waals surface area contributed by atoms with Gasteiger partial charge in [0.2, 0.25) is 0 Å². The summed E-state index contributed by atoms with van der Waals surface area (Å²) in [4.78, 5) is 0. The highest BCUT2D eigenvalue weighted by Gasteiger charge is 2.40. The maximum Gasteiger partial charge on any atom is 0.105 e. The maximum atomic E-state index is 11.2. The third-order valence-electron chi connectivity index (χ3n) is 4.26. The van der Waals surface area contributed by atoms with Gasteiger partial charge < -0.3 is 10.4 Å². The van der Waals surface area contributed by atoms with Crippen LogP contribution in [-0.2, 0) is 12.0 Å². The van der Waals surface area contributed by atoms with E-state index < -0.39 is 5.60 Å². The molecule has 2 aromatic rings. The number of rotatable bonds is 3. The molecule has 1 aliphatic rings. The summed E-state index contributed by atoms with van der Waals surface area (Å²) < 4.78 is 0. The minimum absolute atomic E-state index is 0.0704. The first-order chi connectivity index (χ1) is 9.79. The van der Waals surface area contributed by atoms with Crippen molar-refractivity contribution in [2.45, 2.75) is 30.9 Å². The fourth-order valence-corrected chi connectivity index (χ4v) is 3.14. The Morgan fingerprint density at radius 3 is 2.35 bits per heavy atom. The van der Waals surface area contributed by atoms with Crippen molar-refractivity contribution in [2.75, 3.05) is 6.54 Å². The summed E-state index contributed by atoms with van der Waals surface area (Å²) in [7, 11) is 0. The van der Waals surface area contributed by atoms with Crippen LogP contribution in [0.1, 0.15) is 24.0 Å². The molecule has 1 fully saturated rings. The first kappa shape index (κ1) is 13.3. The molecule has 20 heavy (non-hydrogen) atoms. The van der Waals surface area contributed by atoms with Crippen LogP contribution < -0.4 is 5.32 Å². The van der Waals surface area contributed by atoms with Gasteiger partial charge in [0.25, 0.3) is 0 Å². The number of hydrogen-bond acceptors (Lipinski definition) is 2. The summed E-state index contributed by atoms with van der Waals surface area (Å²) >= 11 is 0. The fraction of sp³-hybridized carbons (Fsp3) is 0.333. The molecule has 2 atom stereocenters. The first-order valence-electron chi connectivity index (χ1n) is 7.34. The molecule has 2 N–H and O–H groups in total. The van der Waals surface area contributed by atoms with Gasteiger partial charge in [-0.15, -0.1) is 0 Å². The van der Waals surface area contributed by atoms with Crippen molar-refractivity contribution in [3.63, 3.8) is 0 Å². The zero-order valence-electron chi connectivity index (χ0n) is 11.6. The topological polar surface area (TPSA) is 32.3 Å². The number of aliphatic hydroxyl groups is 1. The number of nitrogens with one attached hydrogen (secondary N) is 1. The molecule has 0 radical (unpaired) electrons. The van der Waals surface area contributed by atoms with Crippen LogP contribution in [0.3, 0.4) is 0 Å². The van der Waals surface area contributed by atoms with Gasteiger partial charge in [-0.2, -0.15) is 0 Å². The predicted octanol–water partition coefficient (Wildman–Crippen LogP) is 2.87. The second-order valence-corrected chi connectivity index (χ2v) is 5.59. The van der Waals surface area contributed by atoms with E-state index in [1.165, 1.54) is 5.56 Å². The molecule has 3 rings (SSSR count). The van der Waals surface area contributed by atoms with Crippen molar-refractivity contribution in [2.24, 2.45) is 0 Å². The third-order valence-corrected chi connectivity index (χ3v) is 4.26. The smallest absolute Gasteiger partial charge is 0.105 e. The van der Waals surface area contributed by atoms with Crippen molar-refractivity contribution in [1.82, 2.24) is 5.32 Å². The van der Waals surface area contributed by atoms with Gasteiger partial charge in [-0.05, 0) is 36.9 Å². The van der Waals surface area contributed by atoms with Gasteiger partial charge in [-0.25, -0.2) is 0 Å². The molecule has 0 saturated carbocycles. The van der Waals surface area contributed by atoms with Crippen molar-refractivity contribution >= 4 is 0 Å². The second kappa shape index (κ2) is 5.78. The van der Waals surface area contributed by atoms with Crippen molar-refractivity contribution in [1.29, 1.82) is 0 Å². The van der Waals surface area contributed by atoms with Crippen LogP contribution in [0.5, 0.6) is 0 Å². The van der Waals surface area contributed by atoms with Gasteiger partial charge in [0.05, 0.1) is 0 Å². The quantitative estimate of drug-likeness (QED) is 0.896. The highest BCUT2D eigenvalue weighted by Crippen LogP contribution is 2.34. The molecule has 0 aliphatic carbocycles. The average Bonchev–Trinajstić information content (AvgIpc) is 2.52. The van der Waals surface area contributed by atoms with Crippen LogP contribution in [0.4, 0.5) is 0 Å². The molecule has 0 aromatic heterocycles. The van der Waals surface area contributed by atoms with Crippen LogP contribution in [0.25, 0.3) is 0 Å². The van der Waals surface area contributed by atoms with E-state index in [2.05, 4.69) is 29.6 Å². The summed E-state index contributed by atoms with van der Waals surface area (Å²) in [6.07, 6.45) is 2.68. The Morgan fingerprint density at radius 2 is 1.65 bits per heavy atom. The summed E-state index contributed by atoms with van der Waals surface area (Å²) in [5, 5.41) is 14.7. The molecule has 2 heteroatoms. The summed E-state index contributed by atoms with van der Waals surface area (Å²) in [6, 6.07) is 20.5. The highest BCUT2D eigenvalue weighted by molar-refractivity contribution is 5.27. The van der Waals surface area contributed by atoms with Gasteiger partial charge >= 0.3 is 0 Å². The minimum Gasteiger partial charge on any atom is -0.384 e. The molecule has 104 valence electrons. The molecule has 0 spiro atoms. The lowest BCUT2D eigenvalue weighted by molar-refractivity contribution is -0.0287. The molecule has 2 aromatic carbocycles. The molecule has 1 aliphatic heterocycles. The number of hydrogen-bond donors (Lipinski definition) is 2. The Balaban J connectivity index is 1.87. The molecule has 2 nitrogen and oxygen atoms in total. The van der Waals surface area contributed by atoms with Crippen LogP contribution in [0, 0.1) is 0 Å². The Morgan fingerprint density at radius 1 is 1.00 bits per heavy atom. The van der Waals surface area contributed by atoms with Gasteiger partial charge in [0.15, 0.2) is 0 Å². The van der Waals surface area contributed by atoms with Crippen LogP contribution in [0.15, 0.2) is 60.7 Å². The molecule has 0 amide bonds. The Labute approximate surface area is 120 Å². The van der Waals surface area contributed by atoms with Crippen molar-refractivity contribution < 1.29 is 5.11 Å². The van der Waals surface area contributed by atoms with E-state index in [1.807, 2.05) is 36.4 Å². The van der Waals surface area contributed by atoms with Gasteiger partial charge in [-0.3, -0.25) is 0 Å². The molecule has 0 unspecified atom stereocenters. The molecular weight excluding hydrogens is 246 g/mol. The van der Waals surface area contributed by atoms with Crippen LogP contribution in [0.2, 0.25) is 0 Å². The lowest BCUT2D eigenvalue weighted by Gasteiger charge is -2.41. The summed E-state index contributed by atoms with van der Waals surface area (Å²) in [5.41, 5.74) is 1.52. The number of piperidine rings is 1. The first-order valence-corrected chi connectivity index (χ1v) is 7.34. The summed E-state index contributed by atoms with van der Waals surface area (Å²) in [6.45, 7) is 0.979. The molecular formula is C18H21NO. The van der Waals surface area contributed by atoms with Crippen molar-refractivity contribution in [3.8, 4) is 0 Å². The fourth-order valence-electron chi connectivity index (χ4n) is 3.14. The van der Waals surface area contributed by atoms with E-state index in [0.29, 0.717) is 0 Å². The molecule has 1 heterocycles. The highest BCUT2D eigenvalue weighted by atomic mass is 16.3. The number of benzene rings is 2. The normalized spacial score (nSPS) is 26.4. The van der Waals surface area contributed by atoms with E-state index in [9.17, 15) is 5.11 Å². The van der Waals surface area contributed by atoms with Gasteiger partial charge in [-0.1, -0.05) is 60.7 Å². The van der Waals surface area contributed by atoms with Crippen LogP contribution >= 0.6 is 0 Å². The lowest BCUT2D eigenvalue weighted by atomic mass is 9.77. The SMILES string of the molecule is O[C@@]1(c2ccccc2)CCCN[C@@H]1Cc1ccccc1. The Kier molecular flexibility index (Phi) is 3.86. The van der Waals surface area contributed by atoms with E-state index in [-0.39, 0.29) is 6.04 Å². The zero-order chi connectivity index (χ0) is 13.8. The predicted molar refractivity (Wildman–Crippen MR) is 81.5 cm³/mol. The van der Waals surface area contributed by atoms with Gasteiger partial charge in [0, 0.05) is 6.04 Å². The lowest BCUT2D eigenvalue weighted by Crippen LogP contribution is -2.53. The standard InChI is InChI=1S/C18H21NO/c20-18(16-10-5-2-6-11-16)12-7-13-19-17(18)14-15-8-3-1-4-9-15/h1-6,8-11,17,19-20H,7,12-14H2/t17-,18-/m1/s1. The van der Waals surface area contributed by atoms with E-state index in [4.69, 9.17) is 0 Å². The zero-order valence-corrected chi connectivity index (χ0v) is 11.6. The maximum absolute atomic E-state index is 11.2. The molecule has 0 bridgehead atoms. The Hall–Kier alpha value is -1.64. The Bertz CT molecular complexity index is 540. The van der Waals surface area contributed by atoms with E-state index in [1.54, 1.807) is 0 Å². The summed E-state index contributed by atoms with van der Waals surface area (Å²) in [5.74, 6) is 0. The van der Waals surface area contributed by atoms with Crippen molar-refractivity contribution in [3.05, 3.63) is 71.8 Å². The van der Waals surface area contributed by atoms with E-state index in [0.717, 1.165) is 31.4 Å². The largest absolute Gasteiger partial charge is 0.384 e. The minimum atomic E-state index is -0.769. The monoisotopic (exact) mass is 267 g/mol. The average molecular weight is 267 g/mol. The third kappa shape index (κ3) is 2.62. The molecule has 1 saturated heterocycles. The van der Waals surface area contributed by atoms with Gasteiger partial charge in [0.1, 0.15) is 5.60 Å². The second-order valence-electron chi connectivity index (χ2n) is 5.59. The van der Waals surface area contributed by atoms with E-state index >= 15 is 0 Å². The van der Waals surface area contributed by atoms with Crippen LogP contribution in [-0.4, -0.2) is 17.7 Å².